The number of unbranched alkanes of at least 4 members (excludes halogenated alkanes) is 2. The number of carbonyl (C=O) groups excluding carboxylic acids is 6. The molecule has 15 nitrogen and oxygen atoms in total. The second-order valence-corrected chi connectivity index (χ2v) is 15.1. The Balaban J connectivity index is 0.776. The molecule has 16 heteroatoms. The molecular formula is C41H44ClN9O6. The summed E-state index contributed by atoms with van der Waals surface area (Å²) in [6.45, 7) is 11.9. The fourth-order valence-corrected chi connectivity index (χ4v) is 8.04. The number of halogens is 1. The molecule has 1 atom stereocenters. The van der Waals surface area contributed by atoms with Gasteiger partial charge in [0.2, 0.25) is 29.3 Å². The lowest BCUT2D eigenvalue weighted by Gasteiger charge is -2.36. The van der Waals surface area contributed by atoms with E-state index in [4.69, 9.17) is 18.2 Å². The number of hydrogen-bond acceptors (Lipinski definition) is 10. The number of nitrogens with one attached hydrogen (secondary N) is 3. The van der Waals surface area contributed by atoms with E-state index in [1.807, 2.05) is 29.2 Å². The zero-order valence-electron chi connectivity index (χ0n) is 31.5. The van der Waals surface area contributed by atoms with E-state index in [1.165, 1.54) is 0 Å². The van der Waals surface area contributed by atoms with Crippen molar-refractivity contribution in [2.45, 2.75) is 57.4 Å². The van der Waals surface area contributed by atoms with Crippen molar-refractivity contribution in [1.29, 1.82) is 0 Å². The quantitative estimate of drug-likeness (QED) is 0.131. The first-order chi connectivity index (χ1) is 27.6. The number of benzene rings is 2. The third kappa shape index (κ3) is 8.86. The monoisotopic (exact) mass is 793 g/mol. The van der Waals surface area contributed by atoms with Crippen molar-refractivity contribution in [3.05, 3.63) is 82.3 Å². The second-order valence-electron chi connectivity index (χ2n) is 14.7. The normalized spacial score (nSPS) is 18.6. The number of aromatic nitrogens is 1. The number of rotatable bonds is 12. The number of carbonyl (C=O) groups is 6. The third-order valence-electron chi connectivity index (χ3n) is 11.1. The highest BCUT2D eigenvalue weighted by Gasteiger charge is 2.44. The second kappa shape index (κ2) is 17.4. The van der Waals surface area contributed by atoms with E-state index in [-0.39, 0.29) is 41.7 Å². The Bertz CT molecular complexity index is 2110. The van der Waals surface area contributed by atoms with Gasteiger partial charge in [0.05, 0.1) is 29.6 Å². The minimum absolute atomic E-state index is 0.0447. The fraction of sp³-hybridized carbons (Fsp3) is 0.415. The van der Waals surface area contributed by atoms with Crippen LogP contribution in [0.25, 0.3) is 4.85 Å². The number of anilines is 4. The van der Waals surface area contributed by atoms with Gasteiger partial charge in [-0.2, -0.15) is 0 Å². The van der Waals surface area contributed by atoms with Gasteiger partial charge in [0.1, 0.15) is 11.9 Å². The van der Waals surface area contributed by atoms with Gasteiger partial charge in [-0.25, -0.2) is 9.83 Å². The Hall–Kier alpha value is -6.01. The largest absolute Gasteiger partial charge is 0.385 e. The van der Waals surface area contributed by atoms with Crippen molar-refractivity contribution in [1.82, 2.24) is 20.1 Å². The van der Waals surface area contributed by atoms with Crippen molar-refractivity contribution >= 4 is 75.6 Å². The number of pyridine rings is 1. The van der Waals surface area contributed by atoms with Crippen molar-refractivity contribution in [3.8, 4) is 0 Å². The van der Waals surface area contributed by atoms with Crippen LogP contribution in [0.15, 0.2) is 54.7 Å². The van der Waals surface area contributed by atoms with Gasteiger partial charge in [-0.15, -0.1) is 0 Å². The Morgan fingerprint density at radius 3 is 2.28 bits per heavy atom. The average Bonchev–Trinajstić information content (AvgIpc) is 3.47. The molecule has 2 aromatic carbocycles. The summed E-state index contributed by atoms with van der Waals surface area (Å²) in [7, 11) is 0. The molecule has 296 valence electrons. The molecule has 1 unspecified atom stereocenters. The minimum atomic E-state index is -0.998. The van der Waals surface area contributed by atoms with Crippen molar-refractivity contribution < 1.29 is 28.8 Å². The van der Waals surface area contributed by atoms with E-state index < -0.39 is 29.7 Å². The predicted octanol–water partition coefficient (Wildman–Crippen LogP) is 4.86. The standard InChI is InChI=1S/C41H44ClN9O6/c1-43-33-10-7-28(24-32(33)42)48-17-14-26(15-18-48)38(54)46-35-12-8-29(25-45-35)49-19-21-50(22-20-49)37(53)5-3-2-4-16-44-27-6-9-30-31(23-27)41(57)51(40(30)56)34-11-13-36(52)47-39(34)55/h6-10,12,23-26,34,44H,2-5,11,13-22H2,(H,45,46,54)(H,47,52,55). The lowest BCUT2D eigenvalue weighted by Crippen LogP contribution is -2.54. The molecule has 0 saturated carbocycles. The third-order valence-corrected chi connectivity index (χ3v) is 11.4. The molecule has 5 heterocycles. The summed E-state index contributed by atoms with van der Waals surface area (Å²) < 4.78 is 0. The number of hydrogen-bond donors (Lipinski definition) is 3. The first kappa shape index (κ1) is 39.2. The number of imide groups is 2. The minimum Gasteiger partial charge on any atom is -0.385 e. The number of piperazine rings is 1. The lowest BCUT2D eigenvalue weighted by atomic mass is 9.95. The smallest absolute Gasteiger partial charge is 0.262 e. The number of amides is 6. The van der Waals surface area contributed by atoms with E-state index in [1.54, 1.807) is 30.5 Å². The van der Waals surface area contributed by atoms with Gasteiger partial charge < -0.3 is 25.3 Å². The summed E-state index contributed by atoms with van der Waals surface area (Å²) in [6, 6.07) is 13.1. The molecule has 0 radical (unpaired) electrons. The molecule has 3 N–H and O–H groups in total. The van der Waals surface area contributed by atoms with Gasteiger partial charge in [0.25, 0.3) is 11.8 Å². The summed E-state index contributed by atoms with van der Waals surface area (Å²) in [4.78, 5) is 91.0. The van der Waals surface area contributed by atoms with Crippen LogP contribution in [-0.2, 0) is 19.2 Å². The summed E-state index contributed by atoms with van der Waals surface area (Å²) in [5, 5.41) is 8.89. The van der Waals surface area contributed by atoms with Gasteiger partial charge in [0, 0.05) is 81.0 Å². The van der Waals surface area contributed by atoms with Crippen LogP contribution < -0.4 is 25.8 Å². The van der Waals surface area contributed by atoms with Crippen LogP contribution in [-0.4, -0.2) is 102 Å². The van der Waals surface area contributed by atoms with E-state index in [0.29, 0.717) is 74.2 Å². The predicted molar refractivity (Wildman–Crippen MR) is 214 cm³/mol. The summed E-state index contributed by atoms with van der Waals surface area (Å²) in [6.07, 6.45) is 6.21. The highest BCUT2D eigenvalue weighted by atomic mass is 35.5. The number of piperidine rings is 2. The van der Waals surface area contributed by atoms with Crippen LogP contribution in [0.4, 0.5) is 28.6 Å². The molecule has 1 aromatic heterocycles. The maximum absolute atomic E-state index is 13.1. The van der Waals surface area contributed by atoms with E-state index in [0.717, 1.165) is 48.6 Å². The zero-order chi connectivity index (χ0) is 40.1. The zero-order valence-corrected chi connectivity index (χ0v) is 32.2. The molecule has 3 fully saturated rings. The van der Waals surface area contributed by atoms with Crippen LogP contribution in [0.3, 0.4) is 0 Å². The average molecular weight is 794 g/mol. The van der Waals surface area contributed by atoms with Crippen LogP contribution in [0.5, 0.6) is 0 Å². The Labute approximate surface area is 335 Å². The molecule has 4 aliphatic rings. The van der Waals surface area contributed by atoms with Gasteiger partial charge in [-0.05, 0) is 74.6 Å². The van der Waals surface area contributed by atoms with E-state index >= 15 is 0 Å². The Morgan fingerprint density at radius 2 is 1.58 bits per heavy atom. The summed E-state index contributed by atoms with van der Waals surface area (Å²) in [5.41, 5.74) is 3.48. The van der Waals surface area contributed by atoms with Crippen molar-refractivity contribution in [3.63, 3.8) is 0 Å². The van der Waals surface area contributed by atoms with Gasteiger partial charge in [0.15, 0.2) is 0 Å². The van der Waals surface area contributed by atoms with Crippen LogP contribution in [0, 0.1) is 12.5 Å². The maximum atomic E-state index is 13.1. The van der Waals surface area contributed by atoms with E-state index in [2.05, 4.69) is 35.6 Å². The molecule has 3 saturated heterocycles. The number of fused-ring (bicyclic) bond motifs is 1. The summed E-state index contributed by atoms with van der Waals surface area (Å²) >= 11 is 6.22. The van der Waals surface area contributed by atoms with Gasteiger partial charge in [-0.3, -0.25) is 39.0 Å². The molecular weight excluding hydrogens is 750 g/mol. The molecule has 0 aliphatic carbocycles. The summed E-state index contributed by atoms with van der Waals surface area (Å²) in [5.74, 6) is -1.65. The van der Waals surface area contributed by atoms with Gasteiger partial charge >= 0.3 is 0 Å². The molecule has 57 heavy (non-hydrogen) atoms. The van der Waals surface area contributed by atoms with Crippen LogP contribution in [0.2, 0.25) is 5.02 Å². The van der Waals surface area contributed by atoms with Crippen molar-refractivity contribution in [2.75, 3.05) is 66.2 Å². The van der Waals surface area contributed by atoms with E-state index in [9.17, 15) is 28.8 Å². The SMILES string of the molecule is [C-]#[N+]c1ccc(N2CCC(C(=O)Nc3ccc(N4CCN(C(=O)CCCCCNc5ccc6c(c5)C(=O)N(C5CCC(=O)NC5=O)C6=O)CC4)cn3)CC2)cc1Cl. The molecule has 6 amide bonds. The van der Waals surface area contributed by atoms with Gasteiger partial charge in [-0.1, -0.05) is 24.1 Å². The van der Waals surface area contributed by atoms with Crippen molar-refractivity contribution in [2.24, 2.45) is 5.92 Å². The first-order valence-electron chi connectivity index (χ1n) is 19.4. The Morgan fingerprint density at radius 1 is 0.842 bits per heavy atom. The highest BCUT2D eigenvalue weighted by Crippen LogP contribution is 2.33. The molecule has 0 spiro atoms. The lowest BCUT2D eigenvalue weighted by molar-refractivity contribution is -0.136. The first-order valence-corrected chi connectivity index (χ1v) is 19.8. The number of nitrogens with zero attached hydrogens (tertiary/aromatic N) is 6. The highest BCUT2D eigenvalue weighted by molar-refractivity contribution is 6.33. The molecule has 0 bridgehead atoms. The maximum Gasteiger partial charge on any atom is 0.262 e. The van der Waals surface area contributed by atoms with Crippen LogP contribution >= 0.6 is 11.6 Å². The van der Waals surface area contributed by atoms with Crippen LogP contribution in [0.1, 0.15) is 72.1 Å². The Kier molecular flexibility index (Phi) is 12.0. The molecule has 3 aromatic rings. The topological polar surface area (TPSA) is 169 Å². The molecule has 4 aliphatic heterocycles. The molecule has 7 rings (SSSR count). The fourth-order valence-electron chi connectivity index (χ4n) is 7.82.